The molecule has 0 bridgehead atoms. The average molecular weight is 370 g/mol. The molecule has 27 heavy (non-hydrogen) atoms. The van der Waals surface area contributed by atoms with Gasteiger partial charge in [-0.1, -0.05) is 12.1 Å². The summed E-state index contributed by atoms with van der Waals surface area (Å²) in [6.45, 7) is 3.66. The normalized spacial score (nSPS) is 16.0. The molecule has 0 aliphatic carbocycles. The van der Waals surface area contributed by atoms with Crippen LogP contribution in [-0.4, -0.2) is 23.5 Å². The second kappa shape index (κ2) is 6.50. The third-order valence-corrected chi connectivity index (χ3v) is 4.33. The predicted octanol–water partition coefficient (Wildman–Crippen LogP) is 4.36. The quantitative estimate of drug-likeness (QED) is 0.673. The predicted molar refractivity (Wildman–Crippen MR) is 94.8 cm³/mol. The van der Waals surface area contributed by atoms with Crippen molar-refractivity contribution in [2.45, 2.75) is 20.0 Å². The first-order valence-electron chi connectivity index (χ1n) is 8.44. The number of aryl methyl sites for hydroxylation is 1. The van der Waals surface area contributed by atoms with Gasteiger partial charge in [0.1, 0.15) is 29.2 Å². The molecular weight excluding hydrogens is 354 g/mol. The van der Waals surface area contributed by atoms with Gasteiger partial charge >= 0.3 is 0 Å². The van der Waals surface area contributed by atoms with E-state index in [0.29, 0.717) is 5.69 Å². The van der Waals surface area contributed by atoms with Crippen LogP contribution in [0.2, 0.25) is 0 Å². The van der Waals surface area contributed by atoms with Gasteiger partial charge in [0.15, 0.2) is 5.69 Å². The molecule has 2 heterocycles. The molecule has 2 aromatic carbocycles. The van der Waals surface area contributed by atoms with Crippen LogP contribution >= 0.6 is 0 Å². The van der Waals surface area contributed by atoms with Crippen molar-refractivity contribution in [1.29, 1.82) is 0 Å². The highest BCUT2D eigenvalue weighted by molar-refractivity contribution is 6.06. The molecule has 7 heteroatoms. The highest BCUT2D eigenvalue weighted by atomic mass is 19.1. The topological polar surface area (TPSA) is 55.6 Å². The van der Waals surface area contributed by atoms with Gasteiger partial charge in [-0.15, -0.1) is 0 Å². The highest BCUT2D eigenvalue weighted by Crippen LogP contribution is 2.35. The number of benzene rings is 2. The van der Waals surface area contributed by atoms with Crippen molar-refractivity contribution in [2.24, 2.45) is 0 Å². The zero-order chi connectivity index (χ0) is 19.1. The van der Waals surface area contributed by atoms with Gasteiger partial charge in [0.25, 0.3) is 5.91 Å². The summed E-state index contributed by atoms with van der Waals surface area (Å²) in [7, 11) is 0. The third-order valence-electron chi connectivity index (χ3n) is 4.33. The molecule has 4 rings (SSSR count). The number of carbonyl (C=O) groups excluding carboxylic acids is 1. The summed E-state index contributed by atoms with van der Waals surface area (Å²) in [6, 6.07) is 10.0. The Morgan fingerprint density at radius 3 is 2.78 bits per heavy atom. The standard InChI is InChI=1S/C20H16F2N2O3/c1-11-10-24(16-8-7-13(21)9-17(16)26-11)20(25)18-12(2)27-19(23-18)14-5-3-4-6-15(14)22/h3-9,11H,10H2,1-2H3/t11-/m0/s1. The number of fused-ring (bicyclic) bond motifs is 1. The molecule has 1 atom stereocenters. The molecule has 1 aromatic heterocycles. The van der Waals surface area contributed by atoms with Crippen LogP contribution in [0, 0.1) is 18.6 Å². The fraction of sp³-hybridized carbons (Fsp3) is 0.200. The first-order chi connectivity index (χ1) is 12.9. The van der Waals surface area contributed by atoms with E-state index in [2.05, 4.69) is 4.98 Å². The maximum absolute atomic E-state index is 14.0. The molecule has 0 radical (unpaired) electrons. The summed E-state index contributed by atoms with van der Waals surface area (Å²) in [4.78, 5) is 18.8. The van der Waals surface area contributed by atoms with Crippen LogP contribution in [0.3, 0.4) is 0 Å². The van der Waals surface area contributed by atoms with E-state index in [0.717, 1.165) is 0 Å². The van der Waals surface area contributed by atoms with Crippen LogP contribution in [0.5, 0.6) is 5.75 Å². The van der Waals surface area contributed by atoms with E-state index >= 15 is 0 Å². The molecule has 0 saturated carbocycles. The second-order valence-electron chi connectivity index (χ2n) is 6.36. The molecule has 3 aromatic rings. The summed E-state index contributed by atoms with van der Waals surface area (Å²) < 4.78 is 38.7. The van der Waals surface area contributed by atoms with E-state index in [1.165, 1.54) is 35.2 Å². The van der Waals surface area contributed by atoms with Crippen molar-refractivity contribution in [3.05, 3.63) is 65.6 Å². The van der Waals surface area contributed by atoms with Crippen molar-refractivity contribution >= 4 is 11.6 Å². The van der Waals surface area contributed by atoms with Gasteiger partial charge in [0, 0.05) is 6.07 Å². The Bertz CT molecular complexity index is 1030. The van der Waals surface area contributed by atoms with E-state index < -0.39 is 17.5 Å². The number of ether oxygens (including phenoxy) is 1. The Balaban J connectivity index is 1.73. The maximum atomic E-state index is 14.0. The van der Waals surface area contributed by atoms with Crippen molar-refractivity contribution in [3.8, 4) is 17.2 Å². The SMILES string of the molecule is Cc1oc(-c2ccccc2F)nc1C(=O)N1C[C@H](C)Oc2cc(F)ccc21. The molecular formula is C20H16F2N2O3. The van der Waals surface area contributed by atoms with Crippen molar-refractivity contribution in [1.82, 2.24) is 4.98 Å². The lowest BCUT2D eigenvalue weighted by molar-refractivity contribution is 0.0955. The fourth-order valence-electron chi connectivity index (χ4n) is 3.08. The number of amides is 1. The van der Waals surface area contributed by atoms with E-state index in [9.17, 15) is 13.6 Å². The van der Waals surface area contributed by atoms with E-state index in [1.54, 1.807) is 26.0 Å². The van der Waals surface area contributed by atoms with E-state index in [1.807, 2.05) is 0 Å². The monoisotopic (exact) mass is 370 g/mol. The molecule has 138 valence electrons. The smallest absolute Gasteiger partial charge is 0.280 e. The number of anilines is 1. The molecule has 5 nitrogen and oxygen atoms in total. The Morgan fingerprint density at radius 2 is 2.00 bits per heavy atom. The minimum Gasteiger partial charge on any atom is -0.487 e. The molecule has 0 unspecified atom stereocenters. The fourth-order valence-corrected chi connectivity index (χ4v) is 3.08. The van der Waals surface area contributed by atoms with Gasteiger partial charge in [-0.25, -0.2) is 13.8 Å². The number of aromatic nitrogens is 1. The van der Waals surface area contributed by atoms with Gasteiger partial charge in [0.05, 0.1) is 17.8 Å². The minimum atomic E-state index is -0.487. The zero-order valence-electron chi connectivity index (χ0n) is 14.7. The molecule has 1 aliphatic heterocycles. The lowest BCUT2D eigenvalue weighted by atomic mass is 10.1. The van der Waals surface area contributed by atoms with Gasteiger partial charge < -0.3 is 9.15 Å². The lowest BCUT2D eigenvalue weighted by Gasteiger charge is -2.33. The van der Waals surface area contributed by atoms with Crippen LogP contribution in [0.1, 0.15) is 23.2 Å². The van der Waals surface area contributed by atoms with Crippen molar-refractivity contribution in [3.63, 3.8) is 0 Å². The van der Waals surface area contributed by atoms with Gasteiger partial charge in [-0.2, -0.15) is 0 Å². The van der Waals surface area contributed by atoms with Crippen LogP contribution in [0.25, 0.3) is 11.5 Å². The molecule has 0 saturated heterocycles. The van der Waals surface area contributed by atoms with E-state index in [4.69, 9.17) is 9.15 Å². The van der Waals surface area contributed by atoms with Crippen molar-refractivity contribution in [2.75, 3.05) is 11.4 Å². The molecule has 0 fully saturated rings. The molecule has 0 spiro atoms. The average Bonchev–Trinajstić information content (AvgIpc) is 3.02. The molecule has 1 aliphatic rings. The Labute approximate surface area is 154 Å². The van der Waals surface area contributed by atoms with Crippen LogP contribution in [0.15, 0.2) is 46.9 Å². The number of nitrogens with zero attached hydrogens (tertiary/aromatic N) is 2. The summed E-state index contributed by atoms with van der Waals surface area (Å²) in [6.07, 6.45) is -0.318. The van der Waals surface area contributed by atoms with Gasteiger partial charge in [0.2, 0.25) is 5.89 Å². The number of hydrogen-bond donors (Lipinski definition) is 0. The van der Waals surface area contributed by atoms with Gasteiger partial charge in [-0.3, -0.25) is 9.69 Å². The summed E-state index contributed by atoms with van der Waals surface area (Å²) >= 11 is 0. The van der Waals surface area contributed by atoms with E-state index in [-0.39, 0.29) is 41.3 Å². The number of halogens is 2. The number of carbonyl (C=O) groups is 1. The first kappa shape index (κ1) is 17.2. The Hall–Kier alpha value is -3.22. The third kappa shape index (κ3) is 3.05. The van der Waals surface area contributed by atoms with Crippen molar-refractivity contribution < 1.29 is 22.7 Å². The molecule has 0 N–H and O–H groups in total. The van der Waals surface area contributed by atoms with Gasteiger partial charge in [-0.05, 0) is 38.1 Å². The largest absolute Gasteiger partial charge is 0.487 e. The lowest BCUT2D eigenvalue weighted by Crippen LogP contribution is -2.42. The van der Waals surface area contributed by atoms with Crippen LogP contribution < -0.4 is 9.64 Å². The Morgan fingerprint density at radius 1 is 1.22 bits per heavy atom. The Kier molecular flexibility index (Phi) is 4.14. The summed E-state index contributed by atoms with van der Waals surface area (Å²) in [5, 5.41) is 0. The highest BCUT2D eigenvalue weighted by Gasteiger charge is 2.32. The van der Waals surface area contributed by atoms with Crippen LogP contribution in [-0.2, 0) is 0 Å². The number of hydrogen-bond acceptors (Lipinski definition) is 4. The second-order valence-corrected chi connectivity index (χ2v) is 6.36. The first-order valence-corrected chi connectivity index (χ1v) is 8.44. The summed E-state index contributed by atoms with van der Waals surface area (Å²) in [5.74, 6) is -0.747. The summed E-state index contributed by atoms with van der Waals surface area (Å²) in [5.41, 5.74) is 0.712. The zero-order valence-corrected chi connectivity index (χ0v) is 14.7. The molecule has 1 amide bonds. The number of rotatable bonds is 2. The number of oxazole rings is 1. The van der Waals surface area contributed by atoms with Crippen LogP contribution in [0.4, 0.5) is 14.5 Å². The minimum absolute atomic E-state index is 0.0367. The maximum Gasteiger partial charge on any atom is 0.280 e.